The summed E-state index contributed by atoms with van der Waals surface area (Å²) >= 11 is 0. The fourth-order valence-corrected chi connectivity index (χ4v) is 4.95. The van der Waals surface area contributed by atoms with E-state index in [2.05, 4.69) is 10.6 Å². The van der Waals surface area contributed by atoms with Gasteiger partial charge in [-0.25, -0.2) is 0 Å². The summed E-state index contributed by atoms with van der Waals surface area (Å²) in [6.45, 7) is 4.17. The summed E-state index contributed by atoms with van der Waals surface area (Å²) in [6.07, 6.45) is 0.620. The first-order valence-electron chi connectivity index (χ1n) is 12.7. The van der Waals surface area contributed by atoms with Crippen LogP contribution >= 0.6 is 0 Å². The van der Waals surface area contributed by atoms with Crippen LogP contribution in [0.25, 0.3) is 0 Å². The van der Waals surface area contributed by atoms with Crippen molar-refractivity contribution in [1.82, 2.24) is 15.5 Å². The van der Waals surface area contributed by atoms with Crippen molar-refractivity contribution >= 4 is 17.7 Å². The minimum Gasteiger partial charge on any atom is -0.508 e. The molecule has 0 spiro atoms. The third-order valence-corrected chi connectivity index (χ3v) is 7.01. The molecule has 0 saturated heterocycles. The number of nitrogens with two attached hydrogens (primary N) is 1. The van der Waals surface area contributed by atoms with Crippen LogP contribution < -0.4 is 16.4 Å². The molecule has 1 aliphatic rings. The lowest BCUT2D eigenvalue weighted by Crippen LogP contribution is -2.57. The molecule has 2 atom stereocenters. The van der Waals surface area contributed by atoms with Gasteiger partial charge in [0.05, 0.1) is 12.6 Å². The molecule has 0 saturated carbocycles. The Morgan fingerprint density at radius 2 is 1.61 bits per heavy atom. The molecule has 0 bridgehead atoms. The van der Waals surface area contributed by atoms with Gasteiger partial charge in [-0.3, -0.25) is 14.4 Å². The highest BCUT2D eigenvalue weighted by Crippen LogP contribution is 2.26. The Bertz CT molecular complexity index is 1300. The average Bonchev–Trinajstić information content (AvgIpc) is 2.91. The van der Waals surface area contributed by atoms with Gasteiger partial charge in [0.25, 0.3) is 0 Å². The van der Waals surface area contributed by atoms with E-state index in [0.717, 1.165) is 33.4 Å². The van der Waals surface area contributed by atoms with Crippen LogP contribution in [0.4, 0.5) is 0 Å². The van der Waals surface area contributed by atoms with Crippen LogP contribution in [-0.2, 0) is 40.3 Å². The van der Waals surface area contributed by atoms with E-state index >= 15 is 0 Å². The second-order valence-electron chi connectivity index (χ2n) is 9.80. The zero-order chi connectivity index (χ0) is 27.2. The maximum atomic E-state index is 13.6. The van der Waals surface area contributed by atoms with E-state index in [9.17, 15) is 19.5 Å². The minimum absolute atomic E-state index is 0.167. The van der Waals surface area contributed by atoms with Gasteiger partial charge < -0.3 is 26.4 Å². The van der Waals surface area contributed by atoms with E-state index in [-0.39, 0.29) is 37.1 Å². The van der Waals surface area contributed by atoms with E-state index in [4.69, 9.17) is 5.73 Å². The minimum atomic E-state index is -0.869. The molecule has 3 aromatic carbocycles. The first-order chi connectivity index (χ1) is 18.2. The number of benzene rings is 3. The van der Waals surface area contributed by atoms with Gasteiger partial charge in [0.1, 0.15) is 11.8 Å². The van der Waals surface area contributed by atoms with Gasteiger partial charge in [-0.1, -0.05) is 54.6 Å². The molecular weight excluding hydrogens is 480 g/mol. The molecule has 1 unspecified atom stereocenters. The number of fused-ring (bicyclic) bond motifs is 1. The van der Waals surface area contributed by atoms with Gasteiger partial charge in [-0.05, 0) is 65.8 Å². The molecule has 8 heteroatoms. The Kier molecular flexibility index (Phi) is 8.43. The van der Waals surface area contributed by atoms with E-state index in [0.29, 0.717) is 13.0 Å². The molecule has 3 aromatic rings. The summed E-state index contributed by atoms with van der Waals surface area (Å²) in [7, 11) is 0. The molecule has 198 valence electrons. The number of carbonyl (C=O) groups is 3. The topological polar surface area (TPSA) is 125 Å². The van der Waals surface area contributed by atoms with E-state index < -0.39 is 18.0 Å². The van der Waals surface area contributed by atoms with Crippen LogP contribution in [0.5, 0.6) is 5.75 Å². The lowest BCUT2D eigenvalue weighted by Gasteiger charge is -2.37. The van der Waals surface area contributed by atoms with E-state index in [1.807, 2.05) is 68.4 Å². The molecule has 1 heterocycles. The zero-order valence-electron chi connectivity index (χ0n) is 21.7. The van der Waals surface area contributed by atoms with Crippen molar-refractivity contribution in [1.29, 1.82) is 0 Å². The first kappa shape index (κ1) is 26.9. The summed E-state index contributed by atoms with van der Waals surface area (Å²) < 4.78 is 0. The normalized spacial score (nSPS) is 15.3. The number of amides is 3. The Morgan fingerprint density at radius 3 is 2.29 bits per heavy atom. The Balaban J connectivity index is 1.45. The molecule has 1 aliphatic heterocycles. The lowest BCUT2D eigenvalue weighted by atomic mass is 9.91. The highest BCUT2D eigenvalue weighted by Gasteiger charge is 2.36. The molecule has 38 heavy (non-hydrogen) atoms. The second-order valence-corrected chi connectivity index (χ2v) is 9.80. The number of aromatic hydroxyl groups is 1. The highest BCUT2D eigenvalue weighted by atomic mass is 16.3. The van der Waals surface area contributed by atoms with Gasteiger partial charge >= 0.3 is 0 Å². The van der Waals surface area contributed by atoms with Crippen LogP contribution in [0.15, 0.2) is 66.7 Å². The third-order valence-electron chi connectivity index (χ3n) is 7.01. The summed E-state index contributed by atoms with van der Waals surface area (Å²) in [5.41, 5.74) is 11.9. The number of nitrogens with one attached hydrogen (secondary N) is 2. The van der Waals surface area contributed by atoms with Crippen LogP contribution in [0.1, 0.15) is 33.4 Å². The number of hydrogen-bond acceptors (Lipinski definition) is 5. The average molecular weight is 515 g/mol. The van der Waals surface area contributed by atoms with Crippen LogP contribution in [0.3, 0.4) is 0 Å². The predicted molar refractivity (Wildman–Crippen MR) is 145 cm³/mol. The van der Waals surface area contributed by atoms with E-state index in [1.54, 1.807) is 12.1 Å². The smallest absolute Gasteiger partial charge is 0.243 e. The monoisotopic (exact) mass is 514 g/mol. The Labute approximate surface area is 222 Å². The molecule has 8 nitrogen and oxygen atoms in total. The Hall–Kier alpha value is -4.17. The van der Waals surface area contributed by atoms with Crippen LogP contribution in [0, 0.1) is 13.8 Å². The second kappa shape index (κ2) is 11.9. The van der Waals surface area contributed by atoms with Crippen molar-refractivity contribution in [2.75, 3.05) is 6.54 Å². The maximum absolute atomic E-state index is 13.6. The number of nitrogens with zero attached hydrogens (tertiary/aromatic N) is 1. The summed E-state index contributed by atoms with van der Waals surface area (Å²) in [5.74, 6) is -0.876. The van der Waals surface area contributed by atoms with Crippen molar-refractivity contribution in [3.05, 3.63) is 100 Å². The molecule has 3 amide bonds. The van der Waals surface area contributed by atoms with Crippen molar-refractivity contribution < 1.29 is 19.5 Å². The molecule has 0 aromatic heterocycles. The van der Waals surface area contributed by atoms with Crippen LogP contribution in [0.2, 0.25) is 0 Å². The Morgan fingerprint density at radius 1 is 0.974 bits per heavy atom. The van der Waals surface area contributed by atoms with Gasteiger partial charge in [0.2, 0.25) is 17.7 Å². The number of carbonyl (C=O) groups excluding carboxylic acids is 3. The fourth-order valence-electron chi connectivity index (χ4n) is 4.95. The van der Waals surface area contributed by atoms with Gasteiger partial charge in [-0.15, -0.1) is 0 Å². The predicted octanol–water partition coefficient (Wildman–Crippen LogP) is 2.26. The van der Waals surface area contributed by atoms with Gasteiger partial charge in [0.15, 0.2) is 0 Å². The third kappa shape index (κ3) is 6.39. The summed E-state index contributed by atoms with van der Waals surface area (Å²) in [5, 5.41) is 15.4. The zero-order valence-corrected chi connectivity index (χ0v) is 21.7. The molecule has 4 rings (SSSR count). The van der Waals surface area contributed by atoms with Crippen molar-refractivity contribution in [2.24, 2.45) is 5.73 Å². The summed E-state index contributed by atoms with van der Waals surface area (Å²) in [4.78, 5) is 40.8. The number of rotatable bonds is 8. The fraction of sp³-hybridized carbons (Fsp3) is 0.300. The first-order valence-corrected chi connectivity index (χ1v) is 12.7. The van der Waals surface area contributed by atoms with Gasteiger partial charge in [0, 0.05) is 19.5 Å². The lowest BCUT2D eigenvalue weighted by molar-refractivity contribution is -0.143. The quantitative estimate of drug-likeness (QED) is 0.367. The van der Waals surface area contributed by atoms with Gasteiger partial charge in [-0.2, -0.15) is 0 Å². The molecule has 0 fully saturated rings. The van der Waals surface area contributed by atoms with E-state index in [1.165, 1.54) is 4.90 Å². The molecule has 5 N–H and O–H groups in total. The molecule has 0 aliphatic carbocycles. The van der Waals surface area contributed by atoms with Crippen molar-refractivity contribution in [3.63, 3.8) is 0 Å². The van der Waals surface area contributed by atoms with Crippen molar-refractivity contribution in [3.8, 4) is 5.75 Å². The molecular formula is C30H34N4O4. The maximum Gasteiger partial charge on any atom is 0.243 e. The number of hydrogen-bond donors (Lipinski definition) is 4. The van der Waals surface area contributed by atoms with Crippen molar-refractivity contribution in [2.45, 2.75) is 51.9 Å². The number of aryl methyl sites for hydroxylation is 2. The number of phenolic OH excluding ortho intramolecular Hbond substituents is 1. The largest absolute Gasteiger partial charge is 0.508 e. The summed E-state index contributed by atoms with van der Waals surface area (Å²) in [6, 6.07) is 18.9. The highest BCUT2D eigenvalue weighted by molar-refractivity contribution is 5.92. The SMILES string of the molecule is Cc1cc(O)cc(C)c1C[C@H](N)C(=O)N1Cc2ccccc2CC1C(=O)NCC(=O)NCc1ccccc1. The standard InChI is InChI=1S/C30H34N4O4/c1-19-12-24(35)13-20(2)25(19)15-26(31)30(38)34-18-23-11-7-6-10-22(23)14-27(34)29(37)33-17-28(36)32-16-21-8-4-3-5-9-21/h3-13,26-27,35H,14-18,31H2,1-2H3,(H,32,36)(H,33,37)/t26-,27?/m0/s1. The molecule has 0 radical (unpaired) electrons. The number of phenols is 1. The van der Waals surface area contributed by atoms with Crippen LogP contribution in [-0.4, -0.2) is 46.4 Å².